The third-order valence-electron chi connectivity index (χ3n) is 5.16. The third-order valence-corrected chi connectivity index (χ3v) is 5.16. The zero-order valence-corrected chi connectivity index (χ0v) is 14.3. The van der Waals surface area contributed by atoms with Crippen molar-refractivity contribution in [3.63, 3.8) is 0 Å². The summed E-state index contributed by atoms with van der Waals surface area (Å²) in [4.78, 5) is 19.5. The summed E-state index contributed by atoms with van der Waals surface area (Å²) in [7, 11) is 0. The maximum Gasteiger partial charge on any atom is 0.255 e. The van der Waals surface area contributed by atoms with E-state index in [4.69, 9.17) is 4.52 Å². The number of aromatic nitrogens is 2. The molecule has 1 saturated carbocycles. The van der Waals surface area contributed by atoms with Gasteiger partial charge in [0.2, 0.25) is 0 Å². The third kappa shape index (κ3) is 2.69. The Kier molecular flexibility index (Phi) is 3.59. The van der Waals surface area contributed by atoms with Crippen molar-refractivity contribution < 1.29 is 9.32 Å². The van der Waals surface area contributed by atoms with Gasteiger partial charge in [-0.25, -0.2) is 0 Å². The van der Waals surface area contributed by atoms with Crippen LogP contribution >= 0.6 is 0 Å². The molecule has 1 aromatic heterocycles. The molecular weight excluding hydrogens is 326 g/mol. The fourth-order valence-electron chi connectivity index (χ4n) is 3.62. The van der Waals surface area contributed by atoms with Crippen LogP contribution in [0.15, 0.2) is 59.1 Å². The molecule has 5 nitrogen and oxygen atoms in total. The van der Waals surface area contributed by atoms with E-state index >= 15 is 0 Å². The molecule has 2 aromatic carbocycles. The molecule has 130 valence electrons. The number of rotatable bonds is 5. The molecule has 1 atom stereocenters. The molecule has 0 saturated heterocycles. The van der Waals surface area contributed by atoms with Gasteiger partial charge in [-0.05, 0) is 36.0 Å². The second-order valence-corrected chi connectivity index (χ2v) is 7.10. The molecule has 2 aliphatic rings. The standard InChI is InChI=1S/C21H19N3O2/c25-21-17-9-5-4-8-16(17)13-24(21)19(15-6-2-1-3-7-15)20-22-18(23-26-20)12-14-10-11-14/h1-9,14,19H,10-13H2/t19-/m1/s1. The highest BCUT2D eigenvalue weighted by atomic mass is 16.5. The second-order valence-electron chi connectivity index (χ2n) is 7.10. The Bertz CT molecular complexity index is 947. The van der Waals surface area contributed by atoms with E-state index in [9.17, 15) is 4.79 Å². The van der Waals surface area contributed by atoms with E-state index in [2.05, 4.69) is 10.1 Å². The molecule has 1 fully saturated rings. The molecule has 1 aliphatic carbocycles. The Morgan fingerprint density at radius 2 is 1.85 bits per heavy atom. The Balaban J connectivity index is 1.53. The van der Waals surface area contributed by atoms with Gasteiger partial charge in [0.15, 0.2) is 5.82 Å². The van der Waals surface area contributed by atoms with Crippen molar-refractivity contribution in [1.82, 2.24) is 15.0 Å². The quantitative estimate of drug-likeness (QED) is 0.706. The molecule has 5 rings (SSSR count). The van der Waals surface area contributed by atoms with Crippen molar-refractivity contribution in [2.75, 3.05) is 0 Å². The maximum absolute atomic E-state index is 13.0. The van der Waals surface area contributed by atoms with Crippen LogP contribution < -0.4 is 0 Å². The van der Waals surface area contributed by atoms with Crippen molar-refractivity contribution in [3.05, 3.63) is 83.0 Å². The minimum Gasteiger partial charge on any atom is -0.337 e. The van der Waals surface area contributed by atoms with Crippen molar-refractivity contribution >= 4 is 5.91 Å². The minimum atomic E-state index is -0.364. The van der Waals surface area contributed by atoms with Gasteiger partial charge in [-0.15, -0.1) is 0 Å². The largest absolute Gasteiger partial charge is 0.337 e. The summed E-state index contributed by atoms with van der Waals surface area (Å²) in [6.07, 6.45) is 3.34. The number of hydrogen-bond donors (Lipinski definition) is 0. The summed E-state index contributed by atoms with van der Waals surface area (Å²) in [5.74, 6) is 1.94. The summed E-state index contributed by atoms with van der Waals surface area (Å²) in [6, 6.07) is 17.3. The fourth-order valence-corrected chi connectivity index (χ4v) is 3.62. The number of carbonyl (C=O) groups excluding carboxylic acids is 1. The summed E-state index contributed by atoms with van der Waals surface area (Å²) < 4.78 is 5.61. The first-order chi connectivity index (χ1) is 12.8. The predicted octanol–water partition coefficient (Wildman–Crippen LogP) is 3.77. The predicted molar refractivity (Wildman–Crippen MR) is 95.3 cm³/mol. The topological polar surface area (TPSA) is 59.2 Å². The van der Waals surface area contributed by atoms with Crippen LogP contribution in [0.4, 0.5) is 0 Å². The van der Waals surface area contributed by atoms with Gasteiger partial charge in [-0.3, -0.25) is 4.79 Å². The van der Waals surface area contributed by atoms with Crippen LogP contribution in [0.3, 0.4) is 0 Å². The van der Waals surface area contributed by atoms with Gasteiger partial charge in [0.25, 0.3) is 11.8 Å². The molecule has 0 bridgehead atoms. The molecule has 0 spiro atoms. The number of nitrogens with zero attached hydrogens (tertiary/aromatic N) is 3. The molecule has 1 aliphatic heterocycles. The lowest BCUT2D eigenvalue weighted by Gasteiger charge is -2.25. The van der Waals surface area contributed by atoms with Gasteiger partial charge < -0.3 is 9.42 Å². The van der Waals surface area contributed by atoms with Crippen LogP contribution in [-0.4, -0.2) is 20.9 Å². The van der Waals surface area contributed by atoms with E-state index in [-0.39, 0.29) is 11.9 Å². The highest BCUT2D eigenvalue weighted by molar-refractivity contribution is 5.98. The average molecular weight is 345 g/mol. The Morgan fingerprint density at radius 1 is 1.08 bits per heavy atom. The Labute approximate surface area is 151 Å². The molecule has 0 N–H and O–H groups in total. The second kappa shape index (κ2) is 6.09. The molecule has 3 aromatic rings. The van der Waals surface area contributed by atoms with Crippen molar-refractivity contribution in [3.8, 4) is 0 Å². The fraction of sp³-hybridized carbons (Fsp3) is 0.286. The minimum absolute atomic E-state index is 0.0106. The summed E-state index contributed by atoms with van der Waals surface area (Å²) in [5.41, 5.74) is 2.78. The number of fused-ring (bicyclic) bond motifs is 1. The van der Waals surface area contributed by atoms with E-state index in [1.54, 1.807) is 0 Å². The van der Waals surface area contributed by atoms with Crippen molar-refractivity contribution in [2.24, 2.45) is 5.92 Å². The van der Waals surface area contributed by atoms with Gasteiger partial charge >= 0.3 is 0 Å². The first-order valence-electron chi connectivity index (χ1n) is 9.06. The SMILES string of the molecule is O=C1c2ccccc2CN1[C@H](c1ccccc1)c1nc(CC2CC2)no1. The molecule has 2 heterocycles. The maximum atomic E-state index is 13.0. The van der Waals surface area contributed by atoms with Crippen LogP contribution in [0, 0.1) is 5.92 Å². The highest BCUT2D eigenvalue weighted by Gasteiger charge is 2.37. The summed E-state index contributed by atoms with van der Waals surface area (Å²) >= 11 is 0. The Morgan fingerprint density at radius 3 is 2.62 bits per heavy atom. The number of carbonyl (C=O) groups is 1. The van der Waals surface area contributed by atoms with E-state index in [0.717, 1.165) is 28.9 Å². The number of hydrogen-bond acceptors (Lipinski definition) is 4. The van der Waals surface area contributed by atoms with Crippen molar-refractivity contribution in [1.29, 1.82) is 0 Å². The normalized spacial score (nSPS) is 17.4. The summed E-state index contributed by atoms with van der Waals surface area (Å²) in [6.45, 7) is 0.551. The molecule has 0 unspecified atom stereocenters. The van der Waals surface area contributed by atoms with Gasteiger partial charge in [0, 0.05) is 18.5 Å². The first kappa shape index (κ1) is 15.3. The van der Waals surface area contributed by atoms with Gasteiger partial charge in [-0.1, -0.05) is 53.7 Å². The monoisotopic (exact) mass is 345 g/mol. The lowest BCUT2D eigenvalue weighted by molar-refractivity contribution is 0.0703. The van der Waals surface area contributed by atoms with Crippen LogP contribution in [-0.2, 0) is 13.0 Å². The smallest absolute Gasteiger partial charge is 0.255 e. The zero-order valence-electron chi connectivity index (χ0n) is 14.3. The number of benzene rings is 2. The molecular formula is C21H19N3O2. The molecule has 0 radical (unpaired) electrons. The van der Waals surface area contributed by atoms with E-state index in [1.165, 1.54) is 12.8 Å². The molecule has 1 amide bonds. The molecule has 5 heteroatoms. The van der Waals surface area contributed by atoms with Gasteiger partial charge in [0.1, 0.15) is 6.04 Å². The van der Waals surface area contributed by atoms with E-state index in [0.29, 0.717) is 18.4 Å². The number of amides is 1. The molecule has 26 heavy (non-hydrogen) atoms. The lowest BCUT2D eigenvalue weighted by atomic mass is 10.1. The lowest BCUT2D eigenvalue weighted by Crippen LogP contribution is -2.30. The average Bonchev–Trinajstić information content (AvgIpc) is 3.28. The van der Waals surface area contributed by atoms with Crippen LogP contribution in [0.25, 0.3) is 0 Å². The summed E-state index contributed by atoms with van der Waals surface area (Å²) in [5, 5.41) is 4.16. The van der Waals surface area contributed by atoms with Crippen LogP contribution in [0.1, 0.15) is 52.1 Å². The van der Waals surface area contributed by atoms with E-state index in [1.807, 2.05) is 59.5 Å². The van der Waals surface area contributed by atoms with E-state index < -0.39 is 0 Å². The Hall–Kier alpha value is -2.95. The van der Waals surface area contributed by atoms with Crippen LogP contribution in [0.5, 0.6) is 0 Å². The van der Waals surface area contributed by atoms with Crippen molar-refractivity contribution in [2.45, 2.75) is 31.8 Å². The van der Waals surface area contributed by atoms with Gasteiger partial charge in [0.05, 0.1) is 0 Å². The zero-order chi connectivity index (χ0) is 17.5. The highest BCUT2D eigenvalue weighted by Crippen LogP contribution is 2.36. The first-order valence-corrected chi connectivity index (χ1v) is 9.06. The van der Waals surface area contributed by atoms with Gasteiger partial charge in [-0.2, -0.15) is 4.98 Å². The van der Waals surface area contributed by atoms with Crippen LogP contribution in [0.2, 0.25) is 0 Å².